The quantitative estimate of drug-likeness (QED) is 0.620. The van der Waals surface area contributed by atoms with E-state index >= 15 is 0 Å². The van der Waals surface area contributed by atoms with Gasteiger partial charge in [-0.3, -0.25) is 4.79 Å². The predicted octanol–water partition coefficient (Wildman–Crippen LogP) is 4.80. The minimum atomic E-state index is 0.0428. The fourth-order valence-corrected chi connectivity index (χ4v) is 3.12. The average Bonchev–Trinajstić information content (AvgIpc) is 2.70. The summed E-state index contributed by atoms with van der Waals surface area (Å²) < 4.78 is 0. The molecule has 0 atom stereocenters. The van der Waals surface area contributed by atoms with Crippen molar-refractivity contribution in [1.82, 2.24) is 5.43 Å². The lowest BCUT2D eigenvalue weighted by Crippen LogP contribution is -2.29. The molecule has 1 saturated carbocycles. The Bertz CT molecular complexity index is 729. The number of hydrazone groups is 1. The van der Waals surface area contributed by atoms with Crippen molar-refractivity contribution in [3.8, 4) is 0 Å². The van der Waals surface area contributed by atoms with E-state index in [0.29, 0.717) is 0 Å². The number of benzene rings is 2. The first kappa shape index (κ1) is 17.2. The molecular weight excluding hydrogens is 308 g/mol. The maximum absolute atomic E-state index is 12.4. The van der Waals surface area contributed by atoms with Crippen LogP contribution in [0.25, 0.3) is 6.08 Å². The first-order valence-electron chi connectivity index (χ1n) is 8.99. The van der Waals surface area contributed by atoms with Gasteiger partial charge in [0.1, 0.15) is 0 Å². The Morgan fingerprint density at radius 3 is 2.24 bits per heavy atom. The molecule has 3 nitrogen and oxygen atoms in total. The third-order valence-electron chi connectivity index (χ3n) is 4.57. The fourth-order valence-electron chi connectivity index (χ4n) is 3.12. The second kappa shape index (κ2) is 8.97. The Labute approximate surface area is 149 Å². The molecule has 2 aromatic carbocycles. The molecule has 25 heavy (non-hydrogen) atoms. The molecule has 0 unspecified atom stereocenters. The molecule has 1 amide bonds. The number of amides is 1. The smallest absolute Gasteiger partial charge is 0.243 e. The van der Waals surface area contributed by atoms with Crippen LogP contribution in [0.4, 0.5) is 0 Å². The third-order valence-corrected chi connectivity index (χ3v) is 4.57. The normalized spacial score (nSPS) is 16.1. The molecule has 0 radical (unpaired) electrons. The second-order valence-corrected chi connectivity index (χ2v) is 6.42. The Kier molecular flexibility index (Phi) is 6.16. The molecule has 1 fully saturated rings. The Balaban J connectivity index is 1.76. The van der Waals surface area contributed by atoms with E-state index in [9.17, 15) is 4.79 Å². The monoisotopic (exact) mass is 332 g/mol. The average molecular weight is 332 g/mol. The number of carbonyl (C=O) groups excluding carboxylic acids is 1. The van der Waals surface area contributed by atoms with Gasteiger partial charge in [0.2, 0.25) is 5.91 Å². The number of hydrogen-bond donors (Lipinski definition) is 1. The fraction of sp³-hybridized carbons (Fsp3) is 0.273. The van der Waals surface area contributed by atoms with Crippen LogP contribution in [-0.4, -0.2) is 11.6 Å². The van der Waals surface area contributed by atoms with Crippen molar-refractivity contribution >= 4 is 17.7 Å². The largest absolute Gasteiger partial charge is 0.273 e. The molecule has 3 rings (SSSR count). The summed E-state index contributed by atoms with van der Waals surface area (Å²) in [4.78, 5) is 12.4. The standard InChI is InChI=1S/C22H24N2O/c25-22(20-14-8-3-9-15-20)24-23-21(19-12-6-2-7-13-19)17-16-18-10-4-1-5-11-18/h1-2,4-7,10-13,16-17,20H,3,8-9,14-15H2,(H,24,25)/b17-16+,23-21?. The Hall–Kier alpha value is -2.68. The van der Waals surface area contributed by atoms with Gasteiger partial charge in [-0.1, -0.05) is 86.0 Å². The number of rotatable bonds is 5. The van der Waals surface area contributed by atoms with E-state index in [2.05, 4.69) is 10.5 Å². The van der Waals surface area contributed by atoms with Gasteiger partial charge in [0.05, 0.1) is 5.71 Å². The van der Waals surface area contributed by atoms with Gasteiger partial charge < -0.3 is 0 Å². The highest BCUT2D eigenvalue weighted by atomic mass is 16.2. The first-order valence-corrected chi connectivity index (χ1v) is 8.99. The van der Waals surface area contributed by atoms with E-state index in [1.807, 2.05) is 72.8 Å². The highest BCUT2D eigenvalue weighted by Crippen LogP contribution is 2.23. The van der Waals surface area contributed by atoms with Gasteiger partial charge in [-0.25, -0.2) is 5.43 Å². The van der Waals surface area contributed by atoms with Crippen molar-refractivity contribution in [3.63, 3.8) is 0 Å². The summed E-state index contributed by atoms with van der Waals surface area (Å²) in [6.45, 7) is 0. The van der Waals surface area contributed by atoms with E-state index in [0.717, 1.165) is 42.5 Å². The van der Waals surface area contributed by atoms with Crippen LogP contribution in [0.15, 0.2) is 71.8 Å². The first-order chi connectivity index (χ1) is 12.3. The Morgan fingerprint density at radius 1 is 0.920 bits per heavy atom. The summed E-state index contributed by atoms with van der Waals surface area (Å²) in [6, 6.07) is 20.0. The molecule has 0 aromatic heterocycles. The van der Waals surface area contributed by atoms with Gasteiger partial charge in [0.15, 0.2) is 0 Å². The maximum atomic E-state index is 12.4. The third kappa shape index (κ3) is 5.15. The topological polar surface area (TPSA) is 41.5 Å². The zero-order chi connectivity index (χ0) is 17.3. The number of hydrogen-bond acceptors (Lipinski definition) is 2. The minimum absolute atomic E-state index is 0.0428. The summed E-state index contributed by atoms with van der Waals surface area (Å²) in [5, 5.41) is 4.41. The number of nitrogens with one attached hydrogen (secondary N) is 1. The molecule has 3 heteroatoms. The van der Waals surface area contributed by atoms with Crippen LogP contribution in [0.2, 0.25) is 0 Å². The van der Waals surface area contributed by atoms with Gasteiger partial charge in [-0.05, 0) is 24.5 Å². The summed E-state index contributed by atoms with van der Waals surface area (Å²) in [6.07, 6.45) is 9.43. The van der Waals surface area contributed by atoms with Crippen LogP contribution >= 0.6 is 0 Å². The zero-order valence-electron chi connectivity index (χ0n) is 14.4. The van der Waals surface area contributed by atoms with Crippen LogP contribution < -0.4 is 5.43 Å². The van der Waals surface area contributed by atoms with Crippen LogP contribution in [0.5, 0.6) is 0 Å². The molecule has 0 bridgehead atoms. The molecular formula is C22H24N2O. The van der Waals surface area contributed by atoms with Crippen LogP contribution in [0.1, 0.15) is 43.2 Å². The lowest BCUT2D eigenvalue weighted by Gasteiger charge is -2.19. The number of allylic oxidation sites excluding steroid dienone is 1. The van der Waals surface area contributed by atoms with E-state index in [4.69, 9.17) is 0 Å². The molecule has 0 aliphatic heterocycles. The maximum Gasteiger partial charge on any atom is 0.243 e. The van der Waals surface area contributed by atoms with Crippen molar-refractivity contribution in [2.45, 2.75) is 32.1 Å². The predicted molar refractivity (Wildman–Crippen MR) is 103 cm³/mol. The molecule has 2 aromatic rings. The SMILES string of the molecule is O=C(NN=C(/C=C/c1ccccc1)c1ccccc1)C1CCCCC1. The van der Waals surface area contributed by atoms with Crippen molar-refractivity contribution in [2.75, 3.05) is 0 Å². The molecule has 0 saturated heterocycles. The highest BCUT2D eigenvalue weighted by Gasteiger charge is 2.20. The van der Waals surface area contributed by atoms with Gasteiger partial charge in [0, 0.05) is 11.5 Å². The molecule has 128 valence electrons. The molecule has 1 aliphatic carbocycles. The van der Waals surface area contributed by atoms with Crippen molar-refractivity contribution < 1.29 is 4.79 Å². The van der Waals surface area contributed by atoms with Gasteiger partial charge >= 0.3 is 0 Å². The van der Waals surface area contributed by atoms with E-state index < -0.39 is 0 Å². The van der Waals surface area contributed by atoms with Crippen LogP contribution in [-0.2, 0) is 4.79 Å². The summed E-state index contributed by atoms with van der Waals surface area (Å²) in [7, 11) is 0. The number of carbonyl (C=O) groups is 1. The van der Waals surface area contributed by atoms with E-state index in [-0.39, 0.29) is 11.8 Å². The van der Waals surface area contributed by atoms with E-state index in [1.165, 1.54) is 6.42 Å². The summed E-state index contributed by atoms with van der Waals surface area (Å²) in [5.74, 6) is 0.147. The van der Waals surface area contributed by atoms with Crippen LogP contribution in [0.3, 0.4) is 0 Å². The van der Waals surface area contributed by atoms with Gasteiger partial charge in [-0.15, -0.1) is 0 Å². The Morgan fingerprint density at radius 2 is 1.56 bits per heavy atom. The molecule has 0 heterocycles. The van der Waals surface area contributed by atoms with Gasteiger partial charge in [0.25, 0.3) is 0 Å². The van der Waals surface area contributed by atoms with E-state index in [1.54, 1.807) is 0 Å². The lowest BCUT2D eigenvalue weighted by molar-refractivity contribution is -0.125. The second-order valence-electron chi connectivity index (χ2n) is 6.42. The molecule has 1 N–H and O–H groups in total. The summed E-state index contributed by atoms with van der Waals surface area (Å²) >= 11 is 0. The molecule has 1 aliphatic rings. The lowest BCUT2D eigenvalue weighted by atomic mass is 9.89. The molecule has 0 spiro atoms. The van der Waals surface area contributed by atoms with Crippen LogP contribution in [0, 0.1) is 5.92 Å². The van der Waals surface area contributed by atoms with Crippen molar-refractivity contribution in [2.24, 2.45) is 11.0 Å². The zero-order valence-corrected chi connectivity index (χ0v) is 14.4. The number of nitrogens with zero attached hydrogens (tertiary/aromatic N) is 1. The van der Waals surface area contributed by atoms with Gasteiger partial charge in [-0.2, -0.15) is 5.10 Å². The van der Waals surface area contributed by atoms with Crippen molar-refractivity contribution in [1.29, 1.82) is 0 Å². The van der Waals surface area contributed by atoms with Crippen molar-refractivity contribution in [3.05, 3.63) is 77.9 Å². The highest BCUT2D eigenvalue weighted by molar-refractivity contribution is 6.11. The summed E-state index contributed by atoms with van der Waals surface area (Å²) in [5.41, 5.74) is 5.63. The minimum Gasteiger partial charge on any atom is -0.273 e.